The van der Waals surface area contributed by atoms with E-state index in [4.69, 9.17) is 21.3 Å². The van der Waals surface area contributed by atoms with Gasteiger partial charge in [0.2, 0.25) is 5.96 Å². The van der Waals surface area contributed by atoms with E-state index in [9.17, 15) is 9.59 Å². The summed E-state index contributed by atoms with van der Waals surface area (Å²) in [5, 5.41) is 0.645. The van der Waals surface area contributed by atoms with E-state index in [0.717, 1.165) is 5.69 Å². The molecule has 9 heteroatoms. The van der Waals surface area contributed by atoms with E-state index in [1.54, 1.807) is 14.2 Å². The van der Waals surface area contributed by atoms with Gasteiger partial charge in [-0.25, -0.2) is 9.79 Å². The number of ether oxygens (including phenoxy) is 1. The molecule has 0 spiro atoms. The molecule has 0 radical (unpaired) electrons. The lowest BCUT2D eigenvalue weighted by molar-refractivity contribution is -0.137. The number of aliphatic imine (C=N–C) groups is 1. The Bertz CT molecular complexity index is 785. The lowest BCUT2D eigenvalue weighted by atomic mass is 10.1. The third kappa shape index (κ3) is 2.52. The van der Waals surface area contributed by atoms with Crippen LogP contribution in [0.1, 0.15) is 0 Å². The summed E-state index contributed by atoms with van der Waals surface area (Å²) in [6, 6.07) is 6.70. The van der Waals surface area contributed by atoms with E-state index < -0.39 is 12.2 Å². The predicted molar refractivity (Wildman–Crippen MR) is 97.3 cm³/mol. The number of hydrogen-bond donors (Lipinski definition) is 0. The fourth-order valence-electron chi connectivity index (χ4n) is 3.71. The predicted octanol–water partition coefficient (Wildman–Crippen LogP) is 1.07. The minimum absolute atomic E-state index is 0.221. The zero-order chi connectivity index (χ0) is 18.4. The van der Waals surface area contributed by atoms with Gasteiger partial charge in [0.25, 0.3) is 5.91 Å². The number of urea groups is 1. The largest absolute Gasteiger partial charge is 0.383 e. The van der Waals surface area contributed by atoms with Crippen molar-refractivity contribution in [3.63, 3.8) is 0 Å². The van der Waals surface area contributed by atoms with E-state index in [1.165, 1.54) is 9.80 Å². The highest BCUT2D eigenvalue weighted by atomic mass is 35.5. The number of nitrogens with zero attached hydrogens (tertiary/aromatic N) is 5. The Balaban J connectivity index is 1.64. The highest BCUT2D eigenvalue weighted by molar-refractivity contribution is 6.31. The topological polar surface area (TPSA) is 68.7 Å². The van der Waals surface area contributed by atoms with Crippen LogP contribution in [0.4, 0.5) is 10.5 Å². The number of methoxy groups -OCH3 is 1. The average molecular weight is 378 g/mol. The van der Waals surface area contributed by atoms with Crippen molar-refractivity contribution in [2.24, 2.45) is 4.99 Å². The summed E-state index contributed by atoms with van der Waals surface area (Å²) in [4.78, 5) is 37.0. The Morgan fingerprint density at radius 3 is 2.85 bits per heavy atom. The standard InChI is InChI=1S/C17H20ClN5O3/c1-20-14-13(15(24)23(17(20)25)8-9-26-2)22-7-6-21(16(22)19-14)12-5-3-4-11(18)10-12/h3-5,10,13-14H,6-9H2,1-2H3. The summed E-state index contributed by atoms with van der Waals surface area (Å²) in [5.74, 6) is 0.491. The molecule has 1 aromatic rings. The molecule has 0 aliphatic carbocycles. The molecule has 3 heterocycles. The molecule has 0 aromatic heterocycles. The van der Waals surface area contributed by atoms with Crippen molar-refractivity contribution in [3.8, 4) is 0 Å². The maximum Gasteiger partial charge on any atom is 0.328 e. The van der Waals surface area contributed by atoms with Gasteiger partial charge in [-0.1, -0.05) is 17.7 Å². The molecule has 2 unspecified atom stereocenters. The molecule has 8 nitrogen and oxygen atoms in total. The van der Waals surface area contributed by atoms with Gasteiger partial charge in [-0.3, -0.25) is 9.69 Å². The minimum atomic E-state index is -0.509. The van der Waals surface area contributed by atoms with Crippen LogP contribution in [0.5, 0.6) is 0 Å². The smallest absolute Gasteiger partial charge is 0.328 e. The van der Waals surface area contributed by atoms with Gasteiger partial charge in [0.1, 0.15) is 0 Å². The second-order valence-corrected chi connectivity index (χ2v) is 6.93. The van der Waals surface area contributed by atoms with E-state index >= 15 is 0 Å². The molecule has 2 atom stereocenters. The normalized spacial score (nSPS) is 25.0. The third-order valence-electron chi connectivity index (χ3n) is 5.02. The Labute approximate surface area is 156 Å². The molecular weight excluding hydrogens is 358 g/mol. The molecule has 3 amide bonds. The Kier molecular flexibility index (Phi) is 4.24. The number of likely N-dealkylation sites (N-methyl/N-ethyl adjacent to an activating group) is 1. The van der Waals surface area contributed by atoms with Gasteiger partial charge in [0, 0.05) is 38.0 Å². The molecule has 3 aliphatic heterocycles. The van der Waals surface area contributed by atoms with Crippen LogP contribution in [-0.2, 0) is 9.53 Å². The molecule has 0 bridgehead atoms. The van der Waals surface area contributed by atoms with Crippen LogP contribution < -0.4 is 4.90 Å². The summed E-state index contributed by atoms with van der Waals surface area (Å²) >= 11 is 6.12. The van der Waals surface area contributed by atoms with Crippen molar-refractivity contribution in [3.05, 3.63) is 29.3 Å². The number of benzene rings is 1. The van der Waals surface area contributed by atoms with Gasteiger partial charge in [-0.05, 0) is 18.2 Å². The number of amides is 3. The number of anilines is 1. The van der Waals surface area contributed by atoms with Gasteiger partial charge in [0.15, 0.2) is 12.2 Å². The zero-order valence-corrected chi connectivity index (χ0v) is 15.4. The van der Waals surface area contributed by atoms with Crippen LogP contribution in [0.25, 0.3) is 0 Å². The summed E-state index contributed by atoms with van der Waals surface area (Å²) < 4.78 is 5.03. The number of rotatable bonds is 4. The first kappa shape index (κ1) is 17.1. The fourth-order valence-corrected chi connectivity index (χ4v) is 3.90. The van der Waals surface area contributed by atoms with Crippen LogP contribution in [0.2, 0.25) is 5.02 Å². The fraction of sp³-hybridized carbons (Fsp3) is 0.471. The number of fused-ring (bicyclic) bond motifs is 3. The van der Waals surface area contributed by atoms with E-state index in [1.807, 2.05) is 34.1 Å². The number of halogens is 1. The van der Waals surface area contributed by atoms with Crippen LogP contribution in [0, 0.1) is 0 Å². The SMILES string of the molecule is COCCN1C(=O)C2C(N=C3N(c4cccc(Cl)c4)CCN32)N(C)C1=O. The maximum absolute atomic E-state index is 13.0. The number of hydrogen-bond acceptors (Lipinski definition) is 6. The summed E-state index contributed by atoms with van der Waals surface area (Å²) in [6.45, 7) is 1.93. The van der Waals surface area contributed by atoms with Crippen LogP contribution in [0.15, 0.2) is 29.3 Å². The minimum Gasteiger partial charge on any atom is -0.383 e. The van der Waals surface area contributed by atoms with E-state index in [2.05, 4.69) is 0 Å². The summed E-state index contributed by atoms with van der Waals surface area (Å²) in [5.41, 5.74) is 0.926. The Hall–Kier alpha value is -2.32. The zero-order valence-electron chi connectivity index (χ0n) is 14.6. The Morgan fingerprint density at radius 2 is 2.12 bits per heavy atom. The highest BCUT2D eigenvalue weighted by Gasteiger charge is 2.54. The number of guanidine groups is 1. The molecule has 0 saturated carbocycles. The molecule has 4 rings (SSSR count). The summed E-state index contributed by atoms with van der Waals surface area (Å²) in [6.07, 6.45) is -0.509. The quantitative estimate of drug-likeness (QED) is 0.785. The summed E-state index contributed by atoms with van der Waals surface area (Å²) in [7, 11) is 3.23. The van der Waals surface area contributed by atoms with Gasteiger partial charge < -0.3 is 19.4 Å². The monoisotopic (exact) mass is 377 g/mol. The maximum atomic E-state index is 13.0. The average Bonchev–Trinajstić information content (AvgIpc) is 3.19. The van der Waals surface area contributed by atoms with Crippen LogP contribution in [-0.4, -0.2) is 85.2 Å². The van der Waals surface area contributed by atoms with E-state index in [-0.39, 0.29) is 18.5 Å². The van der Waals surface area contributed by atoms with Crippen LogP contribution >= 0.6 is 11.6 Å². The first-order chi connectivity index (χ1) is 12.5. The molecular formula is C17H20ClN5O3. The van der Waals surface area contributed by atoms with E-state index in [0.29, 0.717) is 30.7 Å². The first-order valence-electron chi connectivity index (χ1n) is 8.47. The lowest BCUT2D eigenvalue weighted by Gasteiger charge is -2.40. The number of imide groups is 1. The Morgan fingerprint density at radius 1 is 1.31 bits per heavy atom. The van der Waals surface area contributed by atoms with Crippen LogP contribution in [0.3, 0.4) is 0 Å². The molecule has 138 valence electrons. The van der Waals surface area contributed by atoms with Gasteiger partial charge >= 0.3 is 6.03 Å². The van der Waals surface area contributed by atoms with Crippen molar-refractivity contribution in [2.45, 2.75) is 12.2 Å². The highest BCUT2D eigenvalue weighted by Crippen LogP contribution is 2.33. The third-order valence-corrected chi connectivity index (χ3v) is 5.25. The molecule has 2 fully saturated rings. The molecule has 3 aliphatic rings. The lowest BCUT2D eigenvalue weighted by Crippen LogP contribution is -2.65. The molecule has 0 N–H and O–H groups in total. The van der Waals surface area contributed by atoms with Crippen molar-refractivity contribution >= 4 is 35.2 Å². The van der Waals surface area contributed by atoms with Crippen molar-refractivity contribution in [1.82, 2.24) is 14.7 Å². The van der Waals surface area contributed by atoms with Gasteiger partial charge in [0.05, 0.1) is 13.2 Å². The number of carbonyl (C=O) groups excluding carboxylic acids is 2. The second-order valence-electron chi connectivity index (χ2n) is 6.49. The van der Waals surface area contributed by atoms with Gasteiger partial charge in [-0.15, -0.1) is 0 Å². The second kappa shape index (κ2) is 6.44. The molecule has 2 saturated heterocycles. The van der Waals surface area contributed by atoms with Crippen molar-refractivity contribution in [1.29, 1.82) is 0 Å². The van der Waals surface area contributed by atoms with Crippen molar-refractivity contribution in [2.75, 3.05) is 45.3 Å². The molecule has 26 heavy (non-hydrogen) atoms. The number of carbonyl (C=O) groups is 2. The molecule has 1 aromatic carbocycles. The van der Waals surface area contributed by atoms with Crippen molar-refractivity contribution < 1.29 is 14.3 Å². The van der Waals surface area contributed by atoms with Gasteiger partial charge in [-0.2, -0.15) is 0 Å². The first-order valence-corrected chi connectivity index (χ1v) is 8.85.